The van der Waals surface area contributed by atoms with Crippen LogP contribution in [0.1, 0.15) is 35.6 Å². The Kier molecular flexibility index (Phi) is 3.89. The van der Waals surface area contributed by atoms with Crippen molar-refractivity contribution in [1.29, 1.82) is 0 Å². The molecule has 1 amide bonds. The van der Waals surface area contributed by atoms with Gasteiger partial charge in [0.2, 0.25) is 12.7 Å². The average Bonchev–Trinajstić information content (AvgIpc) is 3.08. The molecule has 0 bridgehead atoms. The molecule has 24 heavy (non-hydrogen) atoms. The number of fused-ring (bicyclic) bond motifs is 2. The monoisotopic (exact) mass is 323 g/mol. The molecule has 124 valence electrons. The molecule has 4 nitrogen and oxygen atoms in total. The Morgan fingerprint density at radius 2 is 2.00 bits per heavy atom. The molecule has 1 heterocycles. The van der Waals surface area contributed by atoms with Gasteiger partial charge in [0, 0.05) is 7.05 Å². The number of aryl methyl sites for hydroxylation is 1. The summed E-state index contributed by atoms with van der Waals surface area (Å²) >= 11 is 0. The second-order valence-electron chi connectivity index (χ2n) is 6.48. The quantitative estimate of drug-likeness (QED) is 0.868. The van der Waals surface area contributed by atoms with E-state index in [4.69, 9.17) is 9.47 Å². The van der Waals surface area contributed by atoms with Gasteiger partial charge in [0.15, 0.2) is 11.5 Å². The van der Waals surface area contributed by atoms with Crippen molar-refractivity contribution in [1.82, 2.24) is 4.90 Å². The fourth-order valence-electron chi connectivity index (χ4n) is 3.65. The Morgan fingerprint density at radius 1 is 1.17 bits per heavy atom. The Morgan fingerprint density at radius 3 is 2.92 bits per heavy atom. The van der Waals surface area contributed by atoms with E-state index in [-0.39, 0.29) is 18.7 Å². The van der Waals surface area contributed by atoms with Crippen LogP contribution in [0.5, 0.6) is 11.5 Å². The summed E-state index contributed by atoms with van der Waals surface area (Å²) in [5.41, 5.74) is 3.63. The van der Waals surface area contributed by atoms with Crippen molar-refractivity contribution in [3.63, 3.8) is 0 Å². The van der Waals surface area contributed by atoms with Gasteiger partial charge in [0.1, 0.15) is 0 Å². The minimum absolute atomic E-state index is 0.135. The normalized spacial score (nSPS) is 18.1. The first-order valence-corrected chi connectivity index (χ1v) is 8.44. The van der Waals surface area contributed by atoms with Crippen molar-refractivity contribution >= 4 is 5.91 Å². The lowest BCUT2D eigenvalue weighted by Gasteiger charge is -2.33. The van der Waals surface area contributed by atoms with Crippen LogP contribution < -0.4 is 9.47 Å². The molecule has 1 atom stereocenters. The van der Waals surface area contributed by atoms with Gasteiger partial charge in [-0.15, -0.1) is 0 Å². The van der Waals surface area contributed by atoms with Gasteiger partial charge in [-0.2, -0.15) is 0 Å². The van der Waals surface area contributed by atoms with Gasteiger partial charge in [0.05, 0.1) is 12.5 Å². The van der Waals surface area contributed by atoms with E-state index in [1.54, 1.807) is 0 Å². The molecule has 4 rings (SSSR count). The van der Waals surface area contributed by atoms with Crippen LogP contribution >= 0.6 is 0 Å². The van der Waals surface area contributed by atoms with Gasteiger partial charge in [-0.25, -0.2) is 0 Å². The molecule has 2 aliphatic rings. The molecule has 0 radical (unpaired) electrons. The van der Waals surface area contributed by atoms with Crippen LogP contribution in [0.4, 0.5) is 0 Å². The molecular weight excluding hydrogens is 302 g/mol. The largest absolute Gasteiger partial charge is 0.454 e. The van der Waals surface area contributed by atoms with Crippen LogP contribution in [0.15, 0.2) is 42.5 Å². The molecule has 0 aromatic heterocycles. The second kappa shape index (κ2) is 6.19. The van der Waals surface area contributed by atoms with Crippen LogP contribution in [0.3, 0.4) is 0 Å². The zero-order valence-electron chi connectivity index (χ0n) is 13.8. The Labute approximate surface area is 142 Å². The van der Waals surface area contributed by atoms with E-state index in [9.17, 15) is 4.79 Å². The predicted molar refractivity (Wildman–Crippen MR) is 91.2 cm³/mol. The standard InChI is InChI=1S/C20H21NO3/c1-21(17-8-4-6-15-5-2-3-7-16(15)17)20(22)12-14-9-10-18-19(11-14)24-13-23-18/h2-3,5,7,9-11,17H,4,6,8,12-13H2,1H3/t17-/m0/s1. The van der Waals surface area contributed by atoms with Crippen molar-refractivity contribution in [3.8, 4) is 11.5 Å². The predicted octanol–water partition coefficient (Wildman–Crippen LogP) is 3.49. The first-order chi connectivity index (χ1) is 11.7. The first kappa shape index (κ1) is 15.1. The lowest BCUT2D eigenvalue weighted by atomic mass is 9.87. The van der Waals surface area contributed by atoms with Gasteiger partial charge in [-0.1, -0.05) is 30.3 Å². The highest BCUT2D eigenvalue weighted by atomic mass is 16.7. The van der Waals surface area contributed by atoms with E-state index in [1.165, 1.54) is 11.1 Å². The molecule has 0 saturated carbocycles. The third kappa shape index (κ3) is 2.73. The number of amides is 1. The van der Waals surface area contributed by atoms with Gasteiger partial charge in [0.25, 0.3) is 0 Å². The van der Waals surface area contributed by atoms with Gasteiger partial charge in [-0.3, -0.25) is 4.79 Å². The Bertz CT molecular complexity index is 771. The maximum atomic E-state index is 12.8. The molecule has 1 aliphatic carbocycles. The zero-order chi connectivity index (χ0) is 16.5. The summed E-state index contributed by atoms with van der Waals surface area (Å²) in [5, 5.41) is 0. The minimum atomic E-state index is 0.135. The van der Waals surface area contributed by atoms with E-state index in [2.05, 4.69) is 24.3 Å². The lowest BCUT2D eigenvalue weighted by Crippen LogP contribution is -2.34. The fourth-order valence-corrected chi connectivity index (χ4v) is 3.65. The summed E-state index contributed by atoms with van der Waals surface area (Å²) < 4.78 is 10.7. The summed E-state index contributed by atoms with van der Waals surface area (Å²) in [6, 6.07) is 14.4. The number of benzene rings is 2. The number of nitrogens with zero attached hydrogens (tertiary/aromatic N) is 1. The number of ether oxygens (including phenoxy) is 2. The first-order valence-electron chi connectivity index (χ1n) is 8.44. The molecule has 2 aromatic carbocycles. The van der Waals surface area contributed by atoms with Crippen LogP contribution in [0.2, 0.25) is 0 Å². The number of rotatable bonds is 3. The van der Waals surface area contributed by atoms with E-state index in [0.29, 0.717) is 6.42 Å². The van der Waals surface area contributed by atoms with Crippen LogP contribution in [0.25, 0.3) is 0 Å². The van der Waals surface area contributed by atoms with Gasteiger partial charge < -0.3 is 14.4 Å². The van der Waals surface area contributed by atoms with Crippen LogP contribution in [-0.4, -0.2) is 24.6 Å². The molecule has 2 aromatic rings. The smallest absolute Gasteiger partial charge is 0.231 e. The van der Waals surface area contributed by atoms with Crippen molar-refractivity contribution in [2.45, 2.75) is 31.7 Å². The zero-order valence-corrected chi connectivity index (χ0v) is 13.8. The number of likely N-dealkylation sites (N-methyl/N-ethyl adjacent to an activating group) is 1. The summed E-state index contributed by atoms with van der Waals surface area (Å²) in [6.07, 6.45) is 3.65. The van der Waals surface area contributed by atoms with E-state index in [0.717, 1.165) is 36.3 Å². The highest BCUT2D eigenvalue weighted by Gasteiger charge is 2.26. The van der Waals surface area contributed by atoms with E-state index in [1.807, 2.05) is 30.1 Å². The number of hydrogen-bond donors (Lipinski definition) is 0. The molecule has 0 unspecified atom stereocenters. The molecular formula is C20H21NO3. The van der Waals surface area contributed by atoms with Crippen molar-refractivity contribution < 1.29 is 14.3 Å². The van der Waals surface area contributed by atoms with Gasteiger partial charge in [-0.05, 0) is 48.1 Å². The number of hydrogen-bond acceptors (Lipinski definition) is 3. The van der Waals surface area contributed by atoms with Crippen molar-refractivity contribution in [2.24, 2.45) is 0 Å². The topological polar surface area (TPSA) is 38.8 Å². The highest BCUT2D eigenvalue weighted by molar-refractivity contribution is 5.79. The van der Waals surface area contributed by atoms with Crippen molar-refractivity contribution in [3.05, 3.63) is 59.2 Å². The van der Waals surface area contributed by atoms with Crippen LogP contribution in [0, 0.1) is 0 Å². The average molecular weight is 323 g/mol. The molecule has 4 heteroatoms. The molecule has 1 aliphatic heterocycles. The Balaban J connectivity index is 1.51. The molecule has 0 saturated heterocycles. The minimum Gasteiger partial charge on any atom is -0.454 e. The third-order valence-electron chi connectivity index (χ3n) is 4.99. The summed E-state index contributed by atoms with van der Waals surface area (Å²) in [5.74, 6) is 1.61. The highest BCUT2D eigenvalue weighted by Crippen LogP contribution is 2.35. The van der Waals surface area contributed by atoms with Gasteiger partial charge >= 0.3 is 0 Å². The van der Waals surface area contributed by atoms with Crippen LogP contribution in [-0.2, 0) is 17.6 Å². The van der Waals surface area contributed by atoms with E-state index >= 15 is 0 Å². The Hall–Kier alpha value is -2.49. The SMILES string of the molecule is CN(C(=O)Cc1ccc2c(c1)OCO2)[C@H]1CCCc2ccccc21. The third-order valence-corrected chi connectivity index (χ3v) is 4.99. The lowest BCUT2D eigenvalue weighted by molar-refractivity contribution is -0.131. The number of carbonyl (C=O) groups is 1. The maximum Gasteiger partial charge on any atom is 0.231 e. The summed E-state index contributed by atoms with van der Waals surface area (Å²) in [7, 11) is 1.92. The van der Waals surface area contributed by atoms with E-state index < -0.39 is 0 Å². The fraction of sp³-hybridized carbons (Fsp3) is 0.350. The van der Waals surface area contributed by atoms with Crippen molar-refractivity contribution in [2.75, 3.05) is 13.8 Å². The second-order valence-corrected chi connectivity index (χ2v) is 6.48. The summed E-state index contributed by atoms with van der Waals surface area (Å²) in [4.78, 5) is 14.7. The molecule has 0 N–H and O–H groups in total. The molecule has 0 fully saturated rings. The maximum absolute atomic E-state index is 12.8. The molecule has 0 spiro atoms. The summed E-state index contributed by atoms with van der Waals surface area (Å²) in [6.45, 7) is 0.255. The number of carbonyl (C=O) groups excluding carboxylic acids is 1.